The SMILES string of the molecule is CSC1(SC)C(=O)C(OC(C)=O)=CC1c1ccc(Cl)cc1. The van der Waals surface area contributed by atoms with Crippen molar-refractivity contribution < 1.29 is 14.3 Å². The van der Waals surface area contributed by atoms with Gasteiger partial charge in [-0.05, 0) is 36.3 Å². The Morgan fingerprint density at radius 2 is 1.81 bits per heavy atom. The lowest BCUT2D eigenvalue weighted by Gasteiger charge is -2.30. The van der Waals surface area contributed by atoms with Crippen LogP contribution in [0, 0.1) is 0 Å². The average molecular weight is 343 g/mol. The molecule has 3 nitrogen and oxygen atoms in total. The number of rotatable bonds is 4. The minimum atomic E-state index is -0.710. The molecule has 0 saturated heterocycles. The molecular formula is C15H15ClO3S2. The van der Waals surface area contributed by atoms with Gasteiger partial charge in [0.1, 0.15) is 4.08 Å². The first-order chi connectivity index (χ1) is 9.94. The highest BCUT2D eigenvalue weighted by molar-refractivity contribution is 8.18. The standard InChI is InChI=1S/C15H15ClO3S2/c1-9(17)19-13-8-12(10-4-6-11(16)7-5-10)15(20-2,21-3)14(13)18/h4-8,12H,1-3H3. The fourth-order valence-electron chi connectivity index (χ4n) is 2.39. The second kappa shape index (κ2) is 6.46. The van der Waals surface area contributed by atoms with E-state index in [1.165, 1.54) is 30.4 Å². The summed E-state index contributed by atoms with van der Waals surface area (Å²) in [5, 5.41) is 0.645. The Balaban J connectivity index is 2.48. The van der Waals surface area contributed by atoms with Crippen molar-refractivity contribution in [1.29, 1.82) is 0 Å². The van der Waals surface area contributed by atoms with Crippen molar-refractivity contribution in [2.24, 2.45) is 0 Å². The quantitative estimate of drug-likeness (QED) is 0.613. The van der Waals surface area contributed by atoms with Crippen LogP contribution in [0.2, 0.25) is 5.02 Å². The molecule has 0 aliphatic heterocycles. The van der Waals surface area contributed by atoms with Gasteiger partial charge in [-0.25, -0.2) is 0 Å². The lowest BCUT2D eigenvalue weighted by molar-refractivity contribution is -0.139. The molecule has 112 valence electrons. The first-order valence-electron chi connectivity index (χ1n) is 6.25. The number of carbonyl (C=O) groups is 2. The molecule has 1 aromatic carbocycles. The Morgan fingerprint density at radius 1 is 1.24 bits per heavy atom. The maximum absolute atomic E-state index is 12.7. The smallest absolute Gasteiger partial charge is 0.308 e. The van der Waals surface area contributed by atoms with E-state index in [4.69, 9.17) is 16.3 Å². The van der Waals surface area contributed by atoms with Gasteiger partial charge in [0.15, 0.2) is 5.76 Å². The van der Waals surface area contributed by atoms with E-state index in [1.807, 2.05) is 24.6 Å². The zero-order chi connectivity index (χ0) is 15.6. The van der Waals surface area contributed by atoms with Crippen LogP contribution in [0.25, 0.3) is 0 Å². The highest BCUT2D eigenvalue weighted by Crippen LogP contribution is 2.53. The largest absolute Gasteiger partial charge is 0.423 e. The van der Waals surface area contributed by atoms with Crippen LogP contribution in [0.1, 0.15) is 18.4 Å². The van der Waals surface area contributed by atoms with Gasteiger partial charge in [-0.15, -0.1) is 23.5 Å². The number of benzene rings is 1. The van der Waals surface area contributed by atoms with Crippen LogP contribution in [0.15, 0.2) is 36.1 Å². The topological polar surface area (TPSA) is 43.4 Å². The molecule has 0 N–H and O–H groups in total. The first-order valence-corrected chi connectivity index (χ1v) is 9.08. The summed E-state index contributed by atoms with van der Waals surface area (Å²) in [6.45, 7) is 1.30. The Morgan fingerprint density at radius 3 is 2.29 bits per heavy atom. The van der Waals surface area contributed by atoms with Crippen LogP contribution in [-0.2, 0) is 14.3 Å². The Kier molecular flexibility index (Phi) is 5.07. The highest BCUT2D eigenvalue weighted by Gasteiger charge is 2.51. The second-order valence-electron chi connectivity index (χ2n) is 4.56. The van der Waals surface area contributed by atoms with E-state index in [0.717, 1.165) is 5.56 Å². The summed E-state index contributed by atoms with van der Waals surface area (Å²) in [5.41, 5.74) is 0.971. The molecule has 1 aliphatic rings. The summed E-state index contributed by atoms with van der Waals surface area (Å²) in [5.74, 6) is -0.673. The molecule has 1 unspecified atom stereocenters. The number of halogens is 1. The van der Waals surface area contributed by atoms with E-state index in [2.05, 4.69) is 0 Å². The third-order valence-electron chi connectivity index (χ3n) is 3.36. The summed E-state index contributed by atoms with van der Waals surface area (Å²) in [4.78, 5) is 23.8. The van der Waals surface area contributed by atoms with Crippen molar-refractivity contribution in [2.45, 2.75) is 16.9 Å². The van der Waals surface area contributed by atoms with Gasteiger partial charge in [0, 0.05) is 17.9 Å². The zero-order valence-electron chi connectivity index (χ0n) is 11.9. The minimum Gasteiger partial charge on any atom is -0.423 e. The van der Waals surface area contributed by atoms with Crippen LogP contribution in [0.3, 0.4) is 0 Å². The summed E-state index contributed by atoms with van der Waals surface area (Å²) in [6, 6.07) is 7.39. The van der Waals surface area contributed by atoms with Gasteiger partial charge in [-0.3, -0.25) is 9.59 Å². The molecule has 0 aromatic heterocycles. The van der Waals surface area contributed by atoms with Gasteiger partial charge >= 0.3 is 5.97 Å². The van der Waals surface area contributed by atoms with Crippen molar-refractivity contribution in [2.75, 3.05) is 12.5 Å². The van der Waals surface area contributed by atoms with Crippen molar-refractivity contribution in [3.8, 4) is 0 Å². The summed E-state index contributed by atoms with van der Waals surface area (Å²) in [6.07, 6.45) is 5.52. The number of hydrogen-bond acceptors (Lipinski definition) is 5. The lowest BCUT2D eigenvalue weighted by atomic mass is 9.97. The molecule has 6 heteroatoms. The number of esters is 1. The Bertz CT molecular complexity index is 591. The highest BCUT2D eigenvalue weighted by atomic mass is 35.5. The van der Waals surface area contributed by atoms with Crippen LogP contribution in [0.5, 0.6) is 0 Å². The maximum atomic E-state index is 12.7. The molecule has 0 radical (unpaired) electrons. The number of Topliss-reactive ketones (excluding diaryl/α,β-unsaturated/α-hetero) is 1. The van der Waals surface area contributed by atoms with E-state index >= 15 is 0 Å². The second-order valence-corrected chi connectivity index (χ2v) is 7.36. The number of ether oxygens (including phenoxy) is 1. The van der Waals surface area contributed by atoms with E-state index in [9.17, 15) is 9.59 Å². The molecule has 1 aliphatic carbocycles. The van der Waals surface area contributed by atoms with Crippen molar-refractivity contribution >= 4 is 46.9 Å². The van der Waals surface area contributed by atoms with Crippen LogP contribution in [0.4, 0.5) is 0 Å². The van der Waals surface area contributed by atoms with E-state index < -0.39 is 10.0 Å². The van der Waals surface area contributed by atoms with E-state index in [-0.39, 0.29) is 17.5 Å². The maximum Gasteiger partial charge on any atom is 0.308 e. The van der Waals surface area contributed by atoms with E-state index in [0.29, 0.717) is 5.02 Å². The zero-order valence-corrected chi connectivity index (χ0v) is 14.3. The van der Waals surface area contributed by atoms with Crippen molar-refractivity contribution in [1.82, 2.24) is 0 Å². The molecule has 0 fully saturated rings. The molecule has 2 rings (SSSR count). The summed E-state index contributed by atoms with van der Waals surface area (Å²) in [7, 11) is 0. The van der Waals surface area contributed by atoms with E-state index in [1.54, 1.807) is 18.2 Å². The van der Waals surface area contributed by atoms with Crippen LogP contribution in [-0.4, -0.2) is 28.3 Å². The number of ketones is 1. The predicted octanol–water partition coefficient (Wildman–Crippen LogP) is 3.88. The molecule has 0 bridgehead atoms. The molecule has 1 atom stereocenters. The molecule has 0 saturated carbocycles. The van der Waals surface area contributed by atoms with Gasteiger partial charge < -0.3 is 4.74 Å². The fraction of sp³-hybridized carbons (Fsp3) is 0.333. The van der Waals surface area contributed by atoms with Gasteiger partial charge in [0.2, 0.25) is 5.78 Å². The predicted molar refractivity (Wildman–Crippen MR) is 88.8 cm³/mol. The molecule has 21 heavy (non-hydrogen) atoms. The Hall–Kier alpha value is -0.910. The molecule has 0 spiro atoms. The third kappa shape index (κ3) is 3.00. The van der Waals surface area contributed by atoms with Gasteiger partial charge in [-0.2, -0.15) is 0 Å². The lowest BCUT2D eigenvalue weighted by Crippen LogP contribution is -2.33. The van der Waals surface area contributed by atoms with Crippen LogP contribution >= 0.6 is 35.1 Å². The van der Waals surface area contributed by atoms with Gasteiger partial charge in [0.25, 0.3) is 0 Å². The molecule has 0 heterocycles. The molecular weight excluding hydrogens is 328 g/mol. The Labute approximate surface area is 137 Å². The monoisotopic (exact) mass is 342 g/mol. The molecule has 1 aromatic rings. The number of carbonyl (C=O) groups excluding carboxylic acids is 2. The van der Waals surface area contributed by atoms with Gasteiger partial charge in [-0.1, -0.05) is 23.7 Å². The van der Waals surface area contributed by atoms with Crippen molar-refractivity contribution in [3.63, 3.8) is 0 Å². The fourth-order valence-corrected chi connectivity index (χ4v) is 4.67. The molecule has 0 amide bonds. The van der Waals surface area contributed by atoms with Gasteiger partial charge in [0.05, 0.1) is 0 Å². The normalized spacial score (nSPS) is 20.3. The van der Waals surface area contributed by atoms with Crippen molar-refractivity contribution in [3.05, 3.63) is 46.7 Å². The average Bonchev–Trinajstić information content (AvgIpc) is 2.73. The summed E-state index contributed by atoms with van der Waals surface area (Å²) >= 11 is 8.85. The summed E-state index contributed by atoms with van der Waals surface area (Å²) < 4.78 is 4.37. The first kappa shape index (κ1) is 16.5. The number of thioether (sulfide) groups is 2. The number of allylic oxidation sites excluding steroid dienone is 2. The van der Waals surface area contributed by atoms with Crippen LogP contribution < -0.4 is 0 Å². The minimum absolute atomic E-state index is 0.131. The third-order valence-corrected chi connectivity index (χ3v) is 6.70. The number of hydrogen-bond donors (Lipinski definition) is 0.